The van der Waals surface area contributed by atoms with Crippen molar-refractivity contribution in [2.45, 2.75) is 12.5 Å². The van der Waals surface area contributed by atoms with E-state index in [1.54, 1.807) is 18.3 Å². The van der Waals surface area contributed by atoms with E-state index in [4.69, 9.17) is 4.74 Å². The Kier molecular flexibility index (Phi) is 4.14. The third kappa shape index (κ3) is 3.69. The van der Waals surface area contributed by atoms with E-state index in [9.17, 15) is 9.18 Å². The fourth-order valence-electron chi connectivity index (χ4n) is 2.24. The summed E-state index contributed by atoms with van der Waals surface area (Å²) in [5.74, 6) is -0.260. The summed E-state index contributed by atoms with van der Waals surface area (Å²) < 4.78 is 17.7. The summed E-state index contributed by atoms with van der Waals surface area (Å²) in [5.41, 5.74) is 2.77. The lowest BCUT2D eigenvalue weighted by molar-refractivity contribution is 0.177. The standard InChI is InChI=1S/C17H15FN2O2/c18-14-5-1-13(2-6-14)10-19-15-7-3-12(4-8-15)9-16-11-22-17(21)20-16/h1-8,10,16H,9,11H2,(H,20,21)/t16-/m0/s1. The third-order valence-corrected chi connectivity index (χ3v) is 3.39. The Morgan fingerprint density at radius 1 is 1.18 bits per heavy atom. The van der Waals surface area contributed by atoms with Crippen molar-refractivity contribution in [3.05, 3.63) is 65.5 Å². The Morgan fingerprint density at radius 3 is 2.55 bits per heavy atom. The number of hydrogen-bond acceptors (Lipinski definition) is 3. The number of rotatable bonds is 4. The van der Waals surface area contributed by atoms with E-state index in [-0.39, 0.29) is 18.0 Å². The van der Waals surface area contributed by atoms with E-state index in [0.717, 1.165) is 23.2 Å². The van der Waals surface area contributed by atoms with Gasteiger partial charge in [0.1, 0.15) is 12.4 Å². The minimum atomic E-state index is -0.356. The number of cyclic esters (lactones) is 1. The summed E-state index contributed by atoms with van der Waals surface area (Å²) in [6.45, 7) is 0.406. The van der Waals surface area contributed by atoms with Crippen LogP contribution in [0.15, 0.2) is 53.5 Å². The minimum Gasteiger partial charge on any atom is -0.447 e. The predicted molar refractivity (Wildman–Crippen MR) is 82.1 cm³/mol. The molecule has 1 saturated heterocycles. The molecule has 1 aliphatic rings. The van der Waals surface area contributed by atoms with Gasteiger partial charge in [0.15, 0.2) is 0 Å². The lowest BCUT2D eigenvalue weighted by atomic mass is 10.1. The monoisotopic (exact) mass is 298 g/mol. The number of hydrogen-bond donors (Lipinski definition) is 1. The van der Waals surface area contributed by atoms with Crippen molar-refractivity contribution in [2.75, 3.05) is 6.61 Å². The topological polar surface area (TPSA) is 50.7 Å². The van der Waals surface area contributed by atoms with Crippen LogP contribution in [-0.4, -0.2) is 25.0 Å². The molecule has 0 aromatic heterocycles. The molecule has 22 heavy (non-hydrogen) atoms. The van der Waals surface area contributed by atoms with E-state index in [2.05, 4.69) is 10.3 Å². The van der Waals surface area contributed by atoms with Crippen LogP contribution >= 0.6 is 0 Å². The van der Waals surface area contributed by atoms with Crippen molar-refractivity contribution in [3.63, 3.8) is 0 Å². The van der Waals surface area contributed by atoms with Crippen LogP contribution in [0.25, 0.3) is 0 Å². The first kappa shape index (κ1) is 14.3. The number of amides is 1. The highest BCUT2D eigenvalue weighted by molar-refractivity contribution is 5.81. The van der Waals surface area contributed by atoms with Gasteiger partial charge < -0.3 is 10.1 Å². The number of ether oxygens (including phenoxy) is 1. The van der Waals surface area contributed by atoms with Crippen LogP contribution in [0, 0.1) is 5.82 Å². The lowest BCUT2D eigenvalue weighted by Gasteiger charge is -2.07. The van der Waals surface area contributed by atoms with Crippen molar-refractivity contribution < 1.29 is 13.9 Å². The summed E-state index contributed by atoms with van der Waals surface area (Å²) in [6.07, 6.45) is 2.07. The van der Waals surface area contributed by atoms with Crippen LogP contribution in [0.2, 0.25) is 0 Å². The summed E-state index contributed by atoms with van der Waals surface area (Å²) in [5, 5.41) is 2.75. The second-order valence-corrected chi connectivity index (χ2v) is 5.12. The largest absolute Gasteiger partial charge is 0.447 e. The van der Waals surface area contributed by atoms with Crippen molar-refractivity contribution >= 4 is 18.0 Å². The maximum atomic E-state index is 12.8. The van der Waals surface area contributed by atoms with Crippen molar-refractivity contribution in [1.82, 2.24) is 5.32 Å². The van der Waals surface area contributed by atoms with Gasteiger partial charge in [-0.1, -0.05) is 24.3 Å². The molecule has 0 radical (unpaired) electrons. The smallest absolute Gasteiger partial charge is 0.407 e. The summed E-state index contributed by atoms with van der Waals surface area (Å²) in [6, 6.07) is 14.0. The number of nitrogens with zero attached hydrogens (tertiary/aromatic N) is 1. The minimum absolute atomic E-state index is 0.0288. The first-order chi connectivity index (χ1) is 10.7. The number of aliphatic imine (C=N–C) groups is 1. The second-order valence-electron chi connectivity index (χ2n) is 5.12. The number of halogens is 1. The van der Waals surface area contributed by atoms with Crippen LogP contribution in [0.4, 0.5) is 14.9 Å². The maximum absolute atomic E-state index is 12.8. The van der Waals surface area contributed by atoms with Crippen molar-refractivity contribution in [2.24, 2.45) is 4.99 Å². The molecule has 0 unspecified atom stereocenters. The Hall–Kier alpha value is -2.69. The number of benzene rings is 2. The molecule has 5 heteroatoms. The van der Waals surface area contributed by atoms with Crippen LogP contribution < -0.4 is 5.32 Å². The van der Waals surface area contributed by atoms with Crippen LogP contribution in [0.3, 0.4) is 0 Å². The van der Waals surface area contributed by atoms with Crippen LogP contribution in [-0.2, 0) is 11.2 Å². The van der Waals surface area contributed by atoms with Crippen LogP contribution in [0.1, 0.15) is 11.1 Å². The van der Waals surface area contributed by atoms with Crippen molar-refractivity contribution in [1.29, 1.82) is 0 Å². The summed E-state index contributed by atoms with van der Waals surface area (Å²) in [7, 11) is 0. The quantitative estimate of drug-likeness (QED) is 0.881. The molecular formula is C17H15FN2O2. The molecule has 0 aliphatic carbocycles. The maximum Gasteiger partial charge on any atom is 0.407 e. The van der Waals surface area contributed by atoms with Gasteiger partial charge in [-0.05, 0) is 41.8 Å². The first-order valence-corrected chi connectivity index (χ1v) is 7.01. The average Bonchev–Trinajstić information content (AvgIpc) is 2.93. The van der Waals surface area contributed by atoms with Gasteiger partial charge in [-0.2, -0.15) is 0 Å². The Bertz CT molecular complexity index is 681. The Labute approximate surface area is 127 Å². The number of nitrogens with one attached hydrogen (secondary N) is 1. The molecule has 1 N–H and O–H groups in total. The molecule has 1 atom stereocenters. The van der Waals surface area contributed by atoms with E-state index in [0.29, 0.717) is 6.61 Å². The van der Waals surface area contributed by atoms with Gasteiger partial charge in [0.25, 0.3) is 0 Å². The third-order valence-electron chi connectivity index (χ3n) is 3.39. The highest BCUT2D eigenvalue weighted by Crippen LogP contribution is 2.15. The number of carbonyl (C=O) groups excluding carboxylic acids is 1. The molecule has 112 valence electrons. The van der Waals surface area contributed by atoms with E-state index >= 15 is 0 Å². The molecule has 1 amide bonds. The molecule has 1 aliphatic heterocycles. The van der Waals surface area contributed by atoms with E-state index < -0.39 is 0 Å². The molecule has 2 aromatic carbocycles. The number of carbonyl (C=O) groups is 1. The Morgan fingerprint density at radius 2 is 1.91 bits per heavy atom. The van der Waals surface area contributed by atoms with E-state index in [1.165, 1.54) is 12.1 Å². The van der Waals surface area contributed by atoms with Gasteiger partial charge in [0, 0.05) is 6.21 Å². The molecule has 4 nitrogen and oxygen atoms in total. The number of alkyl carbamates (subject to hydrolysis) is 1. The lowest BCUT2D eigenvalue weighted by Crippen LogP contribution is -2.28. The fourth-order valence-corrected chi connectivity index (χ4v) is 2.24. The highest BCUT2D eigenvalue weighted by Gasteiger charge is 2.21. The molecule has 1 heterocycles. The van der Waals surface area contributed by atoms with Gasteiger partial charge in [-0.3, -0.25) is 4.99 Å². The summed E-state index contributed by atoms with van der Waals surface area (Å²) in [4.78, 5) is 15.3. The molecule has 0 bridgehead atoms. The Balaban J connectivity index is 1.61. The first-order valence-electron chi connectivity index (χ1n) is 7.01. The highest BCUT2D eigenvalue weighted by atomic mass is 19.1. The molecule has 1 fully saturated rings. The zero-order valence-electron chi connectivity index (χ0n) is 11.8. The predicted octanol–water partition coefficient (Wildman–Crippen LogP) is 3.23. The zero-order chi connectivity index (χ0) is 15.4. The molecule has 3 rings (SSSR count). The summed E-state index contributed by atoms with van der Waals surface area (Å²) >= 11 is 0. The molecular weight excluding hydrogens is 283 g/mol. The van der Waals surface area contributed by atoms with Gasteiger partial charge in [0.2, 0.25) is 0 Å². The van der Waals surface area contributed by atoms with Crippen molar-refractivity contribution in [3.8, 4) is 0 Å². The van der Waals surface area contributed by atoms with E-state index in [1.807, 2.05) is 24.3 Å². The zero-order valence-corrected chi connectivity index (χ0v) is 11.8. The molecule has 2 aromatic rings. The van der Waals surface area contributed by atoms with Crippen LogP contribution in [0.5, 0.6) is 0 Å². The normalized spacial score (nSPS) is 17.5. The molecule has 0 saturated carbocycles. The molecule has 0 spiro atoms. The second kappa shape index (κ2) is 6.39. The fraction of sp³-hybridized carbons (Fsp3) is 0.176. The SMILES string of the molecule is O=C1N[C@@H](Cc2ccc(N=Cc3ccc(F)cc3)cc2)CO1. The van der Waals surface area contributed by atoms with Gasteiger partial charge in [-0.15, -0.1) is 0 Å². The van der Waals surface area contributed by atoms with Gasteiger partial charge >= 0.3 is 6.09 Å². The average molecular weight is 298 g/mol. The van der Waals surface area contributed by atoms with Gasteiger partial charge in [-0.25, -0.2) is 9.18 Å². The van der Waals surface area contributed by atoms with Gasteiger partial charge in [0.05, 0.1) is 11.7 Å².